The largest absolute Gasteiger partial charge is 0.495 e. The fraction of sp³-hybridized carbons (Fsp3) is 0.286. The molecule has 5 aromatic carbocycles. The number of imide groups is 1. The van der Waals surface area contributed by atoms with Gasteiger partial charge in [0.25, 0.3) is 29.5 Å². The minimum Gasteiger partial charge on any atom is -0.495 e. The molecule has 2 aliphatic heterocycles. The number of nitrogens with zero attached hydrogens (tertiary/aromatic N) is 4. The number of nitrogens with one attached hydrogen (secondary N) is 1. The average molecular weight is 838 g/mol. The van der Waals surface area contributed by atoms with E-state index in [0.29, 0.717) is 57.6 Å². The summed E-state index contributed by atoms with van der Waals surface area (Å²) in [5.41, 5.74) is 4.76. The molecule has 1 N–H and O–H groups in total. The summed E-state index contributed by atoms with van der Waals surface area (Å²) in [5.74, 6) is -0.291. The highest BCUT2D eigenvalue weighted by atomic mass is 16.5. The normalized spacial score (nSPS) is 13.8. The molecule has 1 saturated heterocycles. The van der Waals surface area contributed by atoms with Gasteiger partial charge in [-0.05, 0) is 118 Å². The number of hydrogen-bond acceptors (Lipinski definition) is 9. The zero-order valence-electron chi connectivity index (χ0n) is 35.7. The summed E-state index contributed by atoms with van der Waals surface area (Å²) < 4.78 is 17.9. The molecule has 2 aliphatic rings. The lowest BCUT2D eigenvalue weighted by atomic mass is 10.0. The molecule has 5 amide bonds. The molecule has 13 nitrogen and oxygen atoms in total. The molecule has 13 heteroatoms. The lowest BCUT2D eigenvalue weighted by Gasteiger charge is -2.35. The number of anilines is 2. The number of aryl methyl sites for hydroxylation is 1. The number of ether oxygens (including phenoxy) is 3. The van der Waals surface area contributed by atoms with E-state index in [0.717, 1.165) is 37.1 Å². The lowest BCUT2D eigenvalue weighted by Crippen LogP contribution is -2.44. The van der Waals surface area contributed by atoms with Crippen molar-refractivity contribution < 1.29 is 38.2 Å². The standard InChI is InChI=1S/C49H51N5O8/c1-32-15-22-41(44(29-32)62-31-33-16-18-34(19-17-33)47(57)53-26-23-36(24-27-53)51(2)3)52(4)46(56)35-20-21-40(43(30-35)60-5)50-45(55)39-13-8-9-14-42(39)61-28-10-25-54-48(58)37-11-6-7-12-38(37)49(54)59/h6-9,11-22,29-30,36H,10,23-28,31H2,1-5H3,(H,50,55). The highest BCUT2D eigenvalue weighted by Crippen LogP contribution is 2.33. The SMILES string of the molecule is COc1cc(C(=O)N(C)c2ccc(C)cc2OCc2ccc(C(=O)N3CCC(N(C)C)CC3)cc2)ccc1NC(=O)c1ccccc1OCCCN1C(=O)c2ccccc2C1=O. The molecule has 1 fully saturated rings. The fourth-order valence-electron chi connectivity index (χ4n) is 7.73. The predicted octanol–water partition coefficient (Wildman–Crippen LogP) is 7.34. The first kappa shape index (κ1) is 43.1. The molecule has 5 aromatic rings. The van der Waals surface area contributed by atoms with Crippen LogP contribution in [0, 0.1) is 6.92 Å². The maximum Gasteiger partial charge on any atom is 0.261 e. The van der Waals surface area contributed by atoms with E-state index in [1.54, 1.807) is 73.8 Å². The number of carbonyl (C=O) groups excluding carboxylic acids is 5. The first-order valence-corrected chi connectivity index (χ1v) is 20.7. The molecule has 2 heterocycles. The highest BCUT2D eigenvalue weighted by Gasteiger charge is 2.34. The Morgan fingerprint density at radius 2 is 1.40 bits per heavy atom. The number of methoxy groups -OCH3 is 1. The van der Waals surface area contributed by atoms with Crippen molar-refractivity contribution in [3.63, 3.8) is 0 Å². The molecular weight excluding hydrogens is 787 g/mol. The van der Waals surface area contributed by atoms with Gasteiger partial charge in [-0.25, -0.2) is 0 Å². The number of rotatable bonds is 15. The zero-order chi connectivity index (χ0) is 43.9. The van der Waals surface area contributed by atoms with Crippen LogP contribution in [0.25, 0.3) is 0 Å². The molecule has 7 rings (SSSR count). The third kappa shape index (κ3) is 9.48. The van der Waals surface area contributed by atoms with E-state index in [2.05, 4.69) is 24.3 Å². The number of amides is 5. The van der Waals surface area contributed by atoms with Crippen molar-refractivity contribution in [2.75, 3.05) is 64.7 Å². The van der Waals surface area contributed by atoms with Crippen LogP contribution in [0.2, 0.25) is 0 Å². The van der Waals surface area contributed by atoms with Crippen molar-refractivity contribution in [1.29, 1.82) is 0 Å². The van der Waals surface area contributed by atoms with E-state index in [1.165, 1.54) is 16.9 Å². The van der Waals surface area contributed by atoms with Gasteiger partial charge in [0.1, 0.15) is 23.9 Å². The van der Waals surface area contributed by atoms with E-state index in [9.17, 15) is 24.0 Å². The third-order valence-corrected chi connectivity index (χ3v) is 11.3. The van der Waals surface area contributed by atoms with Crippen molar-refractivity contribution in [3.8, 4) is 17.2 Å². The van der Waals surface area contributed by atoms with Gasteiger partial charge >= 0.3 is 0 Å². The number of para-hydroxylation sites is 1. The summed E-state index contributed by atoms with van der Waals surface area (Å²) in [7, 11) is 7.28. The van der Waals surface area contributed by atoms with E-state index in [1.807, 2.05) is 54.3 Å². The van der Waals surface area contributed by atoms with Crippen molar-refractivity contribution in [1.82, 2.24) is 14.7 Å². The van der Waals surface area contributed by atoms with Gasteiger partial charge in [0.05, 0.1) is 41.8 Å². The Bertz CT molecular complexity index is 2440. The average Bonchev–Trinajstić information content (AvgIpc) is 3.54. The van der Waals surface area contributed by atoms with Gasteiger partial charge in [0.2, 0.25) is 0 Å². The quantitative estimate of drug-likeness (QED) is 0.0848. The number of likely N-dealkylation sites (tertiary alicyclic amines) is 1. The van der Waals surface area contributed by atoms with Crippen LogP contribution in [0.4, 0.5) is 11.4 Å². The molecule has 320 valence electrons. The Kier molecular flexibility index (Phi) is 13.3. The first-order valence-electron chi connectivity index (χ1n) is 20.7. The Morgan fingerprint density at radius 1 is 0.742 bits per heavy atom. The Morgan fingerprint density at radius 3 is 2.08 bits per heavy atom. The topological polar surface area (TPSA) is 138 Å². The molecule has 0 atom stereocenters. The van der Waals surface area contributed by atoms with Gasteiger partial charge in [0, 0.05) is 43.9 Å². The fourth-order valence-corrected chi connectivity index (χ4v) is 7.73. The van der Waals surface area contributed by atoms with E-state index >= 15 is 0 Å². The zero-order valence-corrected chi connectivity index (χ0v) is 35.7. The number of piperidine rings is 1. The number of hydrogen-bond donors (Lipinski definition) is 1. The molecular formula is C49H51N5O8. The number of carbonyl (C=O) groups is 5. The molecule has 62 heavy (non-hydrogen) atoms. The Hall–Kier alpha value is -6.99. The van der Waals surface area contributed by atoms with Crippen LogP contribution < -0.4 is 24.4 Å². The van der Waals surface area contributed by atoms with Crippen LogP contribution in [0.5, 0.6) is 17.2 Å². The second-order valence-electron chi connectivity index (χ2n) is 15.7. The summed E-state index contributed by atoms with van der Waals surface area (Å²) in [6, 6.07) is 31.9. The second-order valence-corrected chi connectivity index (χ2v) is 15.7. The van der Waals surface area contributed by atoms with Crippen LogP contribution in [0.3, 0.4) is 0 Å². The number of fused-ring (bicyclic) bond motifs is 1. The summed E-state index contributed by atoms with van der Waals surface area (Å²) in [6.07, 6.45) is 2.28. The Labute approximate surface area is 361 Å². The monoisotopic (exact) mass is 837 g/mol. The summed E-state index contributed by atoms with van der Waals surface area (Å²) in [6.45, 7) is 3.99. The maximum atomic E-state index is 13.9. The van der Waals surface area contributed by atoms with Crippen molar-refractivity contribution in [3.05, 3.63) is 148 Å². The minimum atomic E-state index is -0.460. The van der Waals surface area contributed by atoms with Gasteiger partial charge < -0.3 is 34.2 Å². The van der Waals surface area contributed by atoms with Crippen LogP contribution >= 0.6 is 0 Å². The van der Waals surface area contributed by atoms with E-state index in [4.69, 9.17) is 14.2 Å². The molecule has 0 bridgehead atoms. The van der Waals surface area contributed by atoms with E-state index < -0.39 is 5.91 Å². The molecule has 0 saturated carbocycles. The first-order chi connectivity index (χ1) is 29.9. The summed E-state index contributed by atoms with van der Waals surface area (Å²) in [5, 5.41) is 2.87. The second kappa shape index (κ2) is 19.2. The van der Waals surface area contributed by atoms with Gasteiger partial charge in [-0.1, -0.05) is 42.5 Å². The molecule has 0 unspecified atom stereocenters. The Balaban J connectivity index is 0.956. The van der Waals surface area contributed by atoms with Crippen molar-refractivity contribution in [2.24, 2.45) is 0 Å². The smallest absolute Gasteiger partial charge is 0.261 e. The van der Waals surface area contributed by atoms with Crippen molar-refractivity contribution >= 4 is 40.9 Å². The molecule has 0 aliphatic carbocycles. The summed E-state index contributed by atoms with van der Waals surface area (Å²) in [4.78, 5) is 73.0. The minimum absolute atomic E-state index is 0.0339. The van der Waals surface area contributed by atoms with Gasteiger partial charge in [-0.3, -0.25) is 28.9 Å². The van der Waals surface area contributed by atoms with E-state index in [-0.39, 0.29) is 54.7 Å². The van der Waals surface area contributed by atoms with Gasteiger partial charge in [-0.15, -0.1) is 0 Å². The van der Waals surface area contributed by atoms with Gasteiger partial charge in [-0.2, -0.15) is 0 Å². The van der Waals surface area contributed by atoms with Gasteiger partial charge in [0.15, 0.2) is 0 Å². The molecule has 0 radical (unpaired) electrons. The maximum absolute atomic E-state index is 13.9. The van der Waals surface area contributed by atoms with Crippen LogP contribution in [-0.4, -0.2) is 105 Å². The lowest BCUT2D eigenvalue weighted by molar-refractivity contribution is 0.0641. The predicted molar refractivity (Wildman–Crippen MR) is 237 cm³/mol. The van der Waals surface area contributed by atoms with Crippen LogP contribution in [0.15, 0.2) is 109 Å². The summed E-state index contributed by atoms with van der Waals surface area (Å²) >= 11 is 0. The molecule has 0 spiro atoms. The third-order valence-electron chi connectivity index (χ3n) is 11.3. The molecule has 0 aromatic heterocycles. The van der Waals surface area contributed by atoms with Crippen molar-refractivity contribution in [2.45, 2.75) is 38.8 Å². The van der Waals surface area contributed by atoms with Crippen LogP contribution in [0.1, 0.15) is 82.2 Å². The highest BCUT2D eigenvalue weighted by molar-refractivity contribution is 6.21. The number of benzene rings is 5. The van der Waals surface area contributed by atoms with Crippen LogP contribution in [-0.2, 0) is 6.61 Å².